The molecule has 0 radical (unpaired) electrons. The number of rotatable bonds is 3. The van der Waals surface area contributed by atoms with Crippen molar-refractivity contribution in [1.82, 2.24) is 0 Å². The molecule has 0 aliphatic rings. The van der Waals surface area contributed by atoms with E-state index in [-0.39, 0.29) is 17.7 Å². The van der Waals surface area contributed by atoms with Gasteiger partial charge in [-0.15, -0.1) is 0 Å². The third-order valence-electron chi connectivity index (χ3n) is 0.591. The van der Waals surface area contributed by atoms with E-state index in [1.165, 1.54) is 0 Å². The van der Waals surface area contributed by atoms with Crippen molar-refractivity contribution in [2.24, 2.45) is 0 Å². The van der Waals surface area contributed by atoms with Crippen LogP contribution in [0.4, 0.5) is 0 Å². The molecular formula is C8H17Cl3O3. The van der Waals surface area contributed by atoms with Crippen LogP contribution in [0.15, 0.2) is 10.0 Å². The highest BCUT2D eigenvalue weighted by molar-refractivity contribution is 6.58. The zero-order valence-electron chi connectivity index (χ0n) is 8.34. The standard InChI is InChI=1S/C4H10O.C2HCl3.C2H6O2/c1-3-5-4-2;3-1-2(4)5;3-1-2-4/h3-4H2,1-2H3;1H;3-4H,1-2H2. The smallest absolute Gasteiger partial charge is 0.118 e. The van der Waals surface area contributed by atoms with Crippen molar-refractivity contribution in [3.8, 4) is 0 Å². The molecule has 6 heteroatoms. The minimum absolute atomic E-state index is 0.0895. The molecule has 2 N–H and O–H groups in total. The van der Waals surface area contributed by atoms with E-state index < -0.39 is 0 Å². The molecule has 0 rings (SSSR count). The van der Waals surface area contributed by atoms with Crippen molar-refractivity contribution in [3.05, 3.63) is 10.0 Å². The van der Waals surface area contributed by atoms with E-state index in [4.69, 9.17) is 49.8 Å². The first-order chi connectivity index (χ1) is 6.60. The van der Waals surface area contributed by atoms with Gasteiger partial charge in [0.15, 0.2) is 0 Å². The van der Waals surface area contributed by atoms with Crippen LogP contribution in [-0.2, 0) is 4.74 Å². The Labute approximate surface area is 100 Å². The Balaban J connectivity index is -0.000000131. The third-order valence-corrected chi connectivity index (χ3v) is 1.25. The number of hydrogen-bond acceptors (Lipinski definition) is 3. The molecule has 0 amide bonds. The molecule has 0 aliphatic heterocycles. The Morgan fingerprint density at radius 1 is 1.14 bits per heavy atom. The molecule has 0 saturated carbocycles. The molecule has 0 aromatic rings. The highest BCUT2D eigenvalue weighted by atomic mass is 35.5. The van der Waals surface area contributed by atoms with Gasteiger partial charge in [-0.25, -0.2) is 0 Å². The van der Waals surface area contributed by atoms with Crippen LogP contribution in [0.2, 0.25) is 0 Å². The van der Waals surface area contributed by atoms with Crippen LogP contribution in [0.1, 0.15) is 13.8 Å². The molecule has 0 atom stereocenters. The summed E-state index contributed by atoms with van der Waals surface area (Å²) in [5.74, 6) is 0. The second kappa shape index (κ2) is 23.4. The zero-order valence-corrected chi connectivity index (χ0v) is 10.6. The molecule has 0 bridgehead atoms. The third kappa shape index (κ3) is 54.7. The van der Waals surface area contributed by atoms with Crippen LogP contribution in [0.25, 0.3) is 0 Å². The number of aliphatic hydroxyl groups excluding tert-OH is 2. The maximum absolute atomic E-state index is 7.62. The normalized spacial score (nSPS) is 7.64. The molecule has 0 spiro atoms. The summed E-state index contributed by atoms with van der Waals surface area (Å²) in [6, 6.07) is 0. The van der Waals surface area contributed by atoms with E-state index in [1.54, 1.807) is 0 Å². The first-order valence-electron chi connectivity index (χ1n) is 4.01. The second-order valence-corrected chi connectivity index (χ2v) is 2.85. The van der Waals surface area contributed by atoms with Crippen LogP contribution in [0, 0.1) is 0 Å². The van der Waals surface area contributed by atoms with Gasteiger partial charge in [-0.1, -0.05) is 34.8 Å². The lowest BCUT2D eigenvalue weighted by atomic mass is 10.8. The minimum atomic E-state index is -0.125. The summed E-state index contributed by atoms with van der Waals surface area (Å²) in [6.45, 7) is 5.42. The molecule has 0 aromatic heterocycles. The van der Waals surface area contributed by atoms with Crippen molar-refractivity contribution < 1.29 is 14.9 Å². The Hall–Kier alpha value is 0.490. The van der Waals surface area contributed by atoms with Gasteiger partial charge < -0.3 is 14.9 Å². The van der Waals surface area contributed by atoms with Crippen LogP contribution < -0.4 is 0 Å². The Morgan fingerprint density at radius 2 is 1.43 bits per heavy atom. The maximum atomic E-state index is 7.62. The van der Waals surface area contributed by atoms with Crippen molar-refractivity contribution in [2.75, 3.05) is 26.4 Å². The summed E-state index contributed by atoms with van der Waals surface area (Å²) >= 11 is 14.8. The van der Waals surface area contributed by atoms with Crippen molar-refractivity contribution >= 4 is 34.8 Å². The molecule has 0 unspecified atom stereocenters. The van der Waals surface area contributed by atoms with E-state index in [9.17, 15) is 0 Å². The van der Waals surface area contributed by atoms with Gasteiger partial charge in [0.05, 0.1) is 13.2 Å². The second-order valence-electron chi connectivity index (χ2n) is 1.63. The number of aliphatic hydroxyl groups is 2. The van der Waals surface area contributed by atoms with Gasteiger partial charge in [0, 0.05) is 18.7 Å². The number of hydrogen-bond donors (Lipinski definition) is 2. The van der Waals surface area contributed by atoms with Gasteiger partial charge in [0.25, 0.3) is 0 Å². The monoisotopic (exact) mass is 266 g/mol. The summed E-state index contributed by atoms with van der Waals surface area (Å²) in [5, 5.41) is 15.2. The molecule has 0 aliphatic carbocycles. The van der Waals surface area contributed by atoms with Crippen LogP contribution >= 0.6 is 34.8 Å². The van der Waals surface area contributed by atoms with Crippen molar-refractivity contribution in [1.29, 1.82) is 0 Å². The molecular weight excluding hydrogens is 250 g/mol. The van der Waals surface area contributed by atoms with E-state index >= 15 is 0 Å². The van der Waals surface area contributed by atoms with Crippen LogP contribution in [0.5, 0.6) is 0 Å². The number of halogens is 3. The summed E-state index contributed by atoms with van der Waals surface area (Å²) in [6.07, 6.45) is 0. The van der Waals surface area contributed by atoms with Gasteiger partial charge in [-0.05, 0) is 13.8 Å². The summed E-state index contributed by atoms with van der Waals surface area (Å²) in [5.41, 5.74) is 1.09. The van der Waals surface area contributed by atoms with Crippen LogP contribution in [-0.4, -0.2) is 36.6 Å². The van der Waals surface area contributed by atoms with E-state index in [0.29, 0.717) is 0 Å². The van der Waals surface area contributed by atoms with Gasteiger partial charge in [-0.2, -0.15) is 0 Å². The highest BCUT2D eigenvalue weighted by Crippen LogP contribution is 2.05. The van der Waals surface area contributed by atoms with E-state index in [0.717, 1.165) is 18.7 Å². The van der Waals surface area contributed by atoms with Gasteiger partial charge in [-0.3, -0.25) is 0 Å². The van der Waals surface area contributed by atoms with E-state index in [1.807, 2.05) is 13.8 Å². The molecule has 14 heavy (non-hydrogen) atoms. The lowest BCUT2D eigenvalue weighted by Crippen LogP contribution is -1.85. The molecule has 0 saturated heterocycles. The predicted molar refractivity (Wildman–Crippen MR) is 62.0 cm³/mol. The molecule has 3 nitrogen and oxygen atoms in total. The van der Waals surface area contributed by atoms with Crippen molar-refractivity contribution in [2.45, 2.75) is 13.8 Å². The Kier molecular flexibility index (Phi) is 33.3. The van der Waals surface area contributed by atoms with Gasteiger partial charge in [0.1, 0.15) is 4.49 Å². The molecule has 0 heterocycles. The average molecular weight is 268 g/mol. The summed E-state index contributed by atoms with van der Waals surface area (Å²) in [7, 11) is 0. The summed E-state index contributed by atoms with van der Waals surface area (Å²) in [4.78, 5) is 0. The van der Waals surface area contributed by atoms with Gasteiger partial charge >= 0.3 is 0 Å². The topological polar surface area (TPSA) is 49.7 Å². The van der Waals surface area contributed by atoms with Crippen LogP contribution in [0.3, 0.4) is 0 Å². The van der Waals surface area contributed by atoms with Crippen molar-refractivity contribution in [3.63, 3.8) is 0 Å². The highest BCUT2D eigenvalue weighted by Gasteiger charge is 1.70. The summed E-state index contributed by atoms with van der Waals surface area (Å²) < 4.78 is 4.92. The average Bonchev–Trinajstić information content (AvgIpc) is 2.20. The SMILES string of the molecule is CCOCC.ClC=C(Cl)Cl.OCCO. The first-order valence-corrected chi connectivity index (χ1v) is 5.20. The quantitative estimate of drug-likeness (QED) is 0.826. The van der Waals surface area contributed by atoms with E-state index in [2.05, 4.69) is 0 Å². The zero-order chi connectivity index (χ0) is 11.8. The fourth-order valence-corrected chi connectivity index (χ4v) is 0.204. The Bertz CT molecular complexity index is 102. The largest absolute Gasteiger partial charge is 0.394 e. The fourth-order valence-electron chi connectivity index (χ4n) is 0.204. The predicted octanol–water partition coefficient (Wildman–Crippen LogP) is 2.52. The molecule has 0 aromatic carbocycles. The Morgan fingerprint density at radius 3 is 1.43 bits per heavy atom. The van der Waals surface area contributed by atoms with Gasteiger partial charge in [0.2, 0.25) is 0 Å². The molecule has 88 valence electrons. The number of ether oxygens (including phenoxy) is 1. The maximum Gasteiger partial charge on any atom is 0.118 e. The molecule has 0 fully saturated rings. The lowest BCUT2D eigenvalue weighted by molar-refractivity contribution is 0.162. The minimum Gasteiger partial charge on any atom is -0.394 e. The first kappa shape index (κ1) is 20.0. The lowest BCUT2D eigenvalue weighted by Gasteiger charge is -1.86. The fraction of sp³-hybridized carbons (Fsp3) is 0.750.